The van der Waals surface area contributed by atoms with Crippen LogP contribution in [0, 0.1) is 12.7 Å². The molecule has 1 amide bonds. The molecule has 21 heavy (non-hydrogen) atoms. The van der Waals surface area contributed by atoms with Gasteiger partial charge in [-0.05, 0) is 42.8 Å². The average Bonchev–Trinajstić information content (AvgIpc) is 2.45. The maximum absolute atomic E-state index is 13.3. The van der Waals surface area contributed by atoms with Crippen molar-refractivity contribution in [1.82, 2.24) is 0 Å². The zero-order chi connectivity index (χ0) is 15.4. The highest BCUT2D eigenvalue weighted by Gasteiger charge is 2.09. The Labute approximate surface area is 120 Å². The fourth-order valence-corrected chi connectivity index (χ4v) is 1.88. The first-order valence-corrected chi connectivity index (χ1v) is 6.16. The molecule has 4 N–H and O–H groups in total. The summed E-state index contributed by atoms with van der Waals surface area (Å²) in [4.78, 5) is 12.1. The third-order valence-corrected chi connectivity index (χ3v) is 2.83. The van der Waals surface area contributed by atoms with Crippen LogP contribution in [0.1, 0.15) is 21.5 Å². The van der Waals surface area contributed by atoms with Gasteiger partial charge >= 0.3 is 0 Å². The van der Waals surface area contributed by atoms with Crippen molar-refractivity contribution in [3.63, 3.8) is 0 Å². The lowest BCUT2D eigenvalue weighted by atomic mass is 10.1. The minimum absolute atomic E-state index is 0.0623. The predicted octanol–water partition coefficient (Wildman–Crippen LogP) is 2.48. The van der Waals surface area contributed by atoms with Crippen LogP contribution in [-0.4, -0.2) is 17.0 Å². The van der Waals surface area contributed by atoms with Gasteiger partial charge in [0.2, 0.25) is 0 Å². The van der Waals surface area contributed by atoms with E-state index in [2.05, 4.69) is 10.5 Å². The Morgan fingerprint density at radius 1 is 1.24 bits per heavy atom. The van der Waals surface area contributed by atoms with Crippen LogP contribution in [0.3, 0.4) is 0 Å². The van der Waals surface area contributed by atoms with E-state index < -0.39 is 11.7 Å². The standard InChI is InChI=1S/C15H14FN3O2/c1-9-5-11(7-12(16)6-9)15(20)18-13-4-2-3-10(8-13)14(17)19-21/h2-8,21H,1H3,(H2,17,19)(H,18,20). The van der Waals surface area contributed by atoms with Crippen molar-refractivity contribution in [2.24, 2.45) is 10.9 Å². The number of amidine groups is 1. The smallest absolute Gasteiger partial charge is 0.255 e. The molecule has 2 aromatic rings. The van der Waals surface area contributed by atoms with Crippen LogP contribution in [-0.2, 0) is 0 Å². The Balaban J connectivity index is 2.23. The molecule has 0 spiro atoms. The van der Waals surface area contributed by atoms with Gasteiger partial charge in [-0.2, -0.15) is 0 Å². The van der Waals surface area contributed by atoms with E-state index in [4.69, 9.17) is 10.9 Å². The second-order valence-corrected chi connectivity index (χ2v) is 4.54. The van der Waals surface area contributed by atoms with Crippen LogP contribution < -0.4 is 11.1 Å². The molecule has 0 aromatic heterocycles. The number of amides is 1. The number of rotatable bonds is 3. The van der Waals surface area contributed by atoms with Crippen LogP contribution in [0.2, 0.25) is 0 Å². The molecule has 0 unspecified atom stereocenters. The molecule has 0 aliphatic carbocycles. The molecule has 2 aromatic carbocycles. The zero-order valence-corrected chi connectivity index (χ0v) is 11.3. The Morgan fingerprint density at radius 2 is 2.00 bits per heavy atom. The Bertz CT molecular complexity index is 694. The SMILES string of the molecule is Cc1cc(F)cc(C(=O)Nc2cccc(/C(N)=N/O)c2)c1. The van der Waals surface area contributed by atoms with Crippen molar-refractivity contribution in [2.75, 3.05) is 5.32 Å². The maximum Gasteiger partial charge on any atom is 0.255 e. The van der Waals surface area contributed by atoms with Gasteiger partial charge in [0.15, 0.2) is 5.84 Å². The van der Waals surface area contributed by atoms with Crippen molar-refractivity contribution < 1.29 is 14.4 Å². The van der Waals surface area contributed by atoms with E-state index in [9.17, 15) is 9.18 Å². The van der Waals surface area contributed by atoms with Crippen molar-refractivity contribution in [3.05, 3.63) is 65.0 Å². The van der Waals surface area contributed by atoms with E-state index in [1.165, 1.54) is 6.07 Å². The molecule has 0 heterocycles. The molecular weight excluding hydrogens is 273 g/mol. The quantitative estimate of drug-likeness (QED) is 0.351. The highest BCUT2D eigenvalue weighted by molar-refractivity contribution is 6.05. The maximum atomic E-state index is 13.3. The van der Waals surface area contributed by atoms with Crippen molar-refractivity contribution >= 4 is 17.4 Å². The third-order valence-electron chi connectivity index (χ3n) is 2.83. The normalized spacial score (nSPS) is 11.2. The molecule has 0 aliphatic heterocycles. The summed E-state index contributed by atoms with van der Waals surface area (Å²) < 4.78 is 13.3. The number of hydrogen-bond acceptors (Lipinski definition) is 3. The zero-order valence-electron chi connectivity index (χ0n) is 11.3. The number of carbonyl (C=O) groups excluding carboxylic acids is 1. The van der Waals surface area contributed by atoms with Gasteiger partial charge in [-0.1, -0.05) is 17.3 Å². The molecule has 6 heteroatoms. The molecule has 0 bridgehead atoms. The number of aryl methyl sites for hydroxylation is 1. The number of anilines is 1. The first-order valence-electron chi connectivity index (χ1n) is 6.16. The molecule has 0 radical (unpaired) electrons. The van der Waals surface area contributed by atoms with Crippen LogP contribution >= 0.6 is 0 Å². The molecule has 0 atom stereocenters. The molecule has 0 saturated heterocycles. The van der Waals surface area contributed by atoms with Gasteiger partial charge in [0, 0.05) is 16.8 Å². The number of nitrogens with zero attached hydrogens (tertiary/aromatic N) is 1. The molecule has 0 saturated carbocycles. The number of nitrogens with one attached hydrogen (secondary N) is 1. The lowest BCUT2D eigenvalue weighted by molar-refractivity contribution is 0.102. The molecule has 2 rings (SSSR count). The van der Waals surface area contributed by atoms with Gasteiger partial charge in [-0.3, -0.25) is 4.79 Å². The highest BCUT2D eigenvalue weighted by Crippen LogP contribution is 2.14. The number of carbonyl (C=O) groups is 1. The number of hydrogen-bond donors (Lipinski definition) is 3. The summed E-state index contributed by atoms with van der Waals surface area (Å²) >= 11 is 0. The summed E-state index contributed by atoms with van der Waals surface area (Å²) in [6, 6.07) is 10.6. The van der Waals surface area contributed by atoms with E-state index in [1.54, 1.807) is 37.3 Å². The second-order valence-electron chi connectivity index (χ2n) is 4.54. The Morgan fingerprint density at radius 3 is 2.67 bits per heavy atom. The van der Waals surface area contributed by atoms with E-state index in [1.807, 2.05) is 0 Å². The van der Waals surface area contributed by atoms with Crippen LogP contribution in [0.4, 0.5) is 10.1 Å². The third kappa shape index (κ3) is 3.56. The largest absolute Gasteiger partial charge is 0.409 e. The Kier molecular flexibility index (Phi) is 4.18. The van der Waals surface area contributed by atoms with Gasteiger partial charge < -0.3 is 16.3 Å². The number of nitrogens with two attached hydrogens (primary N) is 1. The first kappa shape index (κ1) is 14.5. The summed E-state index contributed by atoms with van der Waals surface area (Å²) in [5.41, 5.74) is 7.29. The van der Waals surface area contributed by atoms with Gasteiger partial charge in [0.05, 0.1) is 0 Å². The molecule has 0 aliphatic rings. The van der Waals surface area contributed by atoms with Gasteiger partial charge in [-0.25, -0.2) is 4.39 Å². The predicted molar refractivity (Wildman–Crippen MR) is 78.0 cm³/mol. The lowest BCUT2D eigenvalue weighted by Gasteiger charge is -2.08. The number of benzene rings is 2. The molecule has 0 fully saturated rings. The summed E-state index contributed by atoms with van der Waals surface area (Å²) in [7, 11) is 0. The van der Waals surface area contributed by atoms with Gasteiger partial charge in [-0.15, -0.1) is 0 Å². The molecule has 108 valence electrons. The second kappa shape index (κ2) is 6.04. The van der Waals surface area contributed by atoms with E-state index in [-0.39, 0.29) is 11.4 Å². The number of oxime groups is 1. The summed E-state index contributed by atoms with van der Waals surface area (Å²) in [6.07, 6.45) is 0. The minimum Gasteiger partial charge on any atom is -0.409 e. The minimum atomic E-state index is -0.467. The van der Waals surface area contributed by atoms with Gasteiger partial charge in [0.25, 0.3) is 5.91 Å². The molecular formula is C15H14FN3O2. The topological polar surface area (TPSA) is 87.7 Å². The van der Waals surface area contributed by atoms with Crippen LogP contribution in [0.5, 0.6) is 0 Å². The fraction of sp³-hybridized carbons (Fsp3) is 0.0667. The van der Waals surface area contributed by atoms with E-state index >= 15 is 0 Å². The summed E-state index contributed by atoms with van der Waals surface area (Å²) in [6.45, 7) is 1.71. The lowest BCUT2D eigenvalue weighted by Crippen LogP contribution is -2.15. The van der Waals surface area contributed by atoms with Gasteiger partial charge in [0.1, 0.15) is 5.82 Å². The fourth-order valence-electron chi connectivity index (χ4n) is 1.88. The number of halogens is 1. The molecule has 5 nitrogen and oxygen atoms in total. The van der Waals surface area contributed by atoms with Crippen molar-refractivity contribution in [1.29, 1.82) is 0 Å². The highest BCUT2D eigenvalue weighted by atomic mass is 19.1. The van der Waals surface area contributed by atoms with Crippen LogP contribution in [0.15, 0.2) is 47.6 Å². The average molecular weight is 287 g/mol. The summed E-state index contributed by atoms with van der Waals surface area (Å²) in [5.74, 6) is -0.965. The summed E-state index contributed by atoms with van der Waals surface area (Å²) in [5, 5.41) is 14.2. The van der Waals surface area contributed by atoms with E-state index in [0.29, 0.717) is 16.8 Å². The van der Waals surface area contributed by atoms with Crippen LogP contribution in [0.25, 0.3) is 0 Å². The van der Waals surface area contributed by atoms with Crippen molar-refractivity contribution in [3.8, 4) is 0 Å². The van der Waals surface area contributed by atoms with E-state index in [0.717, 1.165) is 6.07 Å². The first-order chi connectivity index (χ1) is 9.99. The Hall–Kier alpha value is -2.89. The monoisotopic (exact) mass is 287 g/mol. The van der Waals surface area contributed by atoms with Crippen molar-refractivity contribution in [2.45, 2.75) is 6.92 Å².